The highest BCUT2D eigenvalue weighted by Gasteiger charge is 2.22. The molecule has 4 heterocycles. The molecule has 28 heavy (non-hydrogen) atoms. The van der Waals surface area contributed by atoms with Crippen LogP contribution in [0.5, 0.6) is 0 Å². The molecular weight excluding hydrogens is 360 g/mol. The van der Waals surface area contributed by atoms with Crippen molar-refractivity contribution in [2.45, 2.75) is 0 Å². The van der Waals surface area contributed by atoms with Crippen LogP contribution in [0.2, 0.25) is 1.41 Å². The number of ether oxygens (including phenoxy) is 1. The predicted octanol–water partition coefficient (Wildman–Crippen LogP) is 1.41. The number of nitrogens with zero attached hydrogens (tertiary/aromatic N) is 4. The fraction of sp³-hybridized carbons (Fsp3) is 0.263. The Hall–Kier alpha value is -3.30. The zero-order valence-electron chi connectivity index (χ0n) is 16.3. The largest absolute Gasteiger partial charge is 0.378 e. The molecule has 0 aromatic carbocycles. The molecule has 1 saturated heterocycles. The third-order valence-electron chi connectivity index (χ3n) is 4.85. The molecule has 9 heteroatoms. The number of amidine groups is 1. The Balaban J connectivity index is 1.70. The third-order valence-corrected chi connectivity index (χ3v) is 4.85. The maximum Gasteiger partial charge on any atom is 0.270 e. The molecule has 0 spiro atoms. The average Bonchev–Trinajstić information content (AvgIpc) is 3.11. The monoisotopic (exact) mass is 380 g/mol. The van der Waals surface area contributed by atoms with Crippen molar-refractivity contribution in [3.63, 3.8) is 0 Å². The molecule has 9 nitrogen and oxygen atoms in total. The van der Waals surface area contributed by atoms with Crippen LogP contribution >= 0.6 is 0 Å². The average molecular weight is 380 g/mol. The van der Waals surface area contributed by atoms with E-state index < -0.39 is 0 Å². The van der Waals surface area contributed by atoms with Crippen LogP contribution in [0.4, 0.5) is 0 Å². The lowest BCUT2D eigenvalue weighted by molar-refractivity contribution is 0.0297. The van der Waals surface area contributed by atoms with Crippen LogP contribution < -0.4 is 5.48 Å². The fourth-order valence-electron chi connectivity index (χ4n) is 3.29. The summed E-state index contributed by atoms with van der Waals surface area (Å²) in [5, 5.41) is 13.2. The number of hydrogen-bond donors (Lipinski definition) is 3. The Bertz CT molecular complexity index is 1090. The fourth-order valence-corrected chi connectivity index (χ4v) is 3.29. The van der Waals surface area contributed by atoms with Gasteiger partial charge >= 0.3 is 0 Å². The van der Waals surface area contributed by atoms with Crippen molar-refractivity contribution < 1.29 is 16.2 Å². The molecule has 0 bridgehead atoms. The van der Waals surface area contributed by atoms with Crippen molar-refractivity contribution in [1.82, 2.24) is 24.9 Å². The van der Waals surface area contributed by atoms with Crippen LogP contribution in [0.15, 0.2) is 36.7 Å². The lowest BCUT2D eigenvalue weighted by Crippen LogP contribution is -2.41. The van der Waals surface area contributed by atoms with Crippen molar-refractivity contribution in [3.05, 3.63) is 47.9 Å². The second-order valence-corrected chi connectivity index (χ2v) is 6.51. The first-order valence-corrected chi connectivity index (χ1v) is 8.84. The predicted molar refractivity (Wildman–Crippen MR) is 102 cm³/mol. The van der Waals surface area contributed by atoms with Crippen LogP contribution in [0.3, 0.4) is 0 Å². The Labute approximate surface area is 162 Å². The topological polar surface area (TPSA) is 116 Å². The van der Waals surface area contributed by atoms with E-state index in [2.05, 4.69) is 15.4 Å². The van der Waals surface area contributed by atoms with Crippen LogP contribution in [0, 0.1) is 5.40 Å². The molecule has 0 aliphatic carbocycles. The molecule has 4 rings (SSSR count). The van der Waals surface area contributed by atoms with Crippen LogP contribution in [-0.2, 0) is 11.8 Å². The molecule has 1 fully saturated rings. The van der Waals surface area contributed by atoms with Gasteiger partial charge in [0.25, 0.3) is 5.91 Å². The standard InChI is InChI=1S/C19H20N6O3/c1-24-16(19(26)25-4-6-28-7-5-25)10-13-9-15(22-11-17(13)24)14-8-12(2-3-21-14)18(20)23-27/h2-3,8-11,27H,4-7H2,1H3,(H2,20,23). The molecular formula is C19H20N6O3. The van der Waals surface area contributed by atoms with Gasteiger partial charge in [-0.25, -0.2) is 0 Å². The molecule has 1 aliphatic heterocycles. The Kier molecular flexibility index (Phi) is 4.43. The number of carbonyl (C=O) groups excluding carboxylic acids is 1. The van der Waals surface area contributed by atoms with Crippen LogP contribution in [0.1, 0.15) is 16.1 Å². The zero-order chi connectivity index (χ0) is 20.4. The van der Waals surface area contributed by atoms with Crippen LogP contribution in [-0.4, -0.2) is 62.7 Å². The van der Waals surface area contributed by atoms with E-state index in [4.69, 9.17) is 11.4 Å². The number of morpholine rings is 1. The van der Waals surface area contributed by atoms with Crippen molar-refractivity contribution in [3.8, 4) is 11.4 Å². The molecule has 3 aromatic rings. The van der Waals surface area contributed by atoms with Gasteiger partial charge in [-0.05, 0) is 24.3 Å². The number of pyridine rings is 2. The van der Waals surface area contributed by atoms with Crippen molar-refractivity contribution in [2.75, 3.05) is 26.3 Å². The molecule has 144 valence electrons. The van der Waals surface area contributed by atoms with Gasteiger partial charge in [0.05, 0.1) is 36.3 Å². The Morgan fingerprint density at radius 2 is 2.07 bits per heavy atom. The number of hydroxylamine groups is 1. The van der Waals surface area contributed by atoms with Crippen molar-refractivity contribution in [1.29, 1.82) is 5.40 Å². The molecule has 0 unspecified atom stereocenters. The Morgan fingerprint density at radius 3 is 2.82 bits per heavy atom. The minimum absolute atomic E-state index is 0.00725. The number of nitrogens with one attached hydrogen (secondary N) is 2. The zero-order valence-corrected chi connectivity index (χ0v) is 15.3. The molecule has 0 atom stereocenters. The maximum absolute atomic E-state index is 12.9. The summed E-state index contributed by atoms with van der Waals surface area (Å²) in [6.07, 6.45) is 3.26. The number of fused-ring (bicyclic) bond motifs is 1. The summed E-state index contributed by atoms with van der Waals surface area (Å²) in [5.41, 5.74) is 5.00. The first-order chi connectivity index (χ1) is 14.1. The first kappa shape index (κ1) is 16.8. The molecule has 0 saturated carbocycles. The van der Waals surface area contributed by atoms with E-state index >= 15 is 0 Å². The number of aryl methyl sites for hydroxylation is 1. The lowest BCUT2D eigenvalue weighted by atomic mass is 10.1. The third kappa shape index (κ3) is 3.21. The van der Waals surface area contributed by atoms with Crippen LogP contribution in [0.25, 0.3) is 22.3 Å². The van der Waals surface area contributed by atoms with E-state index in [1.165, 1.54) is 0 Å². The molecule has 0 radical (unpaired) electrons. The van der Waals surface area contributed by atoms with E-state index in [-0.39, 0.29) is 11.7 Å². The quantitative estimate of drug-likeness (QED) is 0.359. The van der Waals surface area contributed by atoms with E-state index in [9.17, 15) is 4.79 Å². The number of rotatable bonds is 3. The summed E-state index contributed by atoms with van der Waals surface area (Å²) in [6, 6.07) is 7.02. The van der Waals surface area contributed by atoms with E-state index in [0.717, 1.165) is 10.9 Å². The normalized spacial score (nSPS) is 15.6. The number of aromatic nitrogens is 3. The smallest absolute Gasteiger partial charge is 0.270 e. The van der Waals surface area contributed by atoms with Gasteiger partial charge in [-0.2, -0.15) is 0 Å². The molecule has 3 aromatic heterocycles. The Morgan fingerprint density at radius 1 is 1.29 bits per heavy atom. The number of amides is 1. The van der Waals surface area contributed by atoms with Gasteiger partial charge in [0, 0.05) is 37.3 Å². The van der Waals surface area contributed by atoms with Gasteiger partial charge in [-0.15, -0.1) is 0 Å². The molecule has 1 aliphatic rings. The summed E-state index contributed by atoms with van der Waals surface area (Å²) >= 11 is 0. The highest BCUT2D eigenvalue weighted by Crippen LogP contribution is 2.24. The van der Waals surface area contributed by atoms with Gasteiger partial charge in [-0.1, -0.05) is 0 Å². The second-order valence-electron chi connectivity index (χ2n) is 6.51. The van der Waals surface area contributed by atoms with Crippen molar-refractivity contribution in [2.24, 2.45) is 7.05 Å². The summed E-state index contributed by atoms with van der Waals surface area (Å²) in [5.74, 6) is -0.0215. The number of hydrogen-bond acceptors (Lipinski definition) is 6. The summed E-state index contributed by atoms with van der Waals surface area (Å²) < 4.78 is 14.3. The molecule has 3 N–H and O–H groups in total. The maximum atomic E-state index is 12.9. The summed E-state index contributed by atoms with van der Waals surface area (Å²) in [6.45, 7) is 2.27. The first-order valence-electron chi connectivity index (χ1n) is 9.28. The highest BCUT2D eigenvalue weighted by molar-refractivity contribution is 5.99. The number of carbonyl (C=O) groups is 1. The van der Waals surface area contributed by atoms with E-state index in [1.807, 2.05) is 29.2 Å². The summed E-state index contributed by atoms with van der Waals surface area (Å²) in [4.78, 5) is 23.5. The second kappa shape index (κ2) is 7.37. The van der Waals surface area contributed by atoms with E-state index in [1.54, 1.807) is 29.4 Å². The highest BCUT2D eigenvalue weighted by atomic mass is 16.5. The summed E-state index contributed by atoms with van der Waals surface area (Å²) in [7, 11) is 1.85. The molecule has 1 amide bonds. The van der Waals surface area contributed by atoms with Gasteiger partial charge in [0.1, 0.15) is 11.5 Å². The lowest BCUT2D eigenvalue weighted by Gasteiger charge is -2.26. The van der Waals surface area contributed by atoms with Crippen molar-refractivity contribution >= 4 is 22.6 Å². The van der Waals surface area contributed by atoms with E-state index in [0.29, 0.717) is 48.9 Å². The SMILES string of the molecule is [H]/N=C(\NO)c1ccnc(-c2cc3cc(C(=O)N4CCOCC4)n(C)c3cn2)c1. The van der Waals surface area contributed by atoms with Gasteiger partial charge in [-0.3, -0.25) is 30.9 Å². The minimum atomic E-state index is -0.0287. The minimum Gasteiger partial charge on any atom is -0.378 e. The van der Waals surface area contributed by atoms with Gasteiger partial charge in [0.15, 0.2) is 1.41 Å². The van der Waals surface area contributed by atoms with Gasteiger partial charge in [0.2, 0.25) is 0 Å². The van der Waals surface area contributed by atoms with Gasteiger partial charge < -0.3 is 14.2 Å².